The summed E-state index contributed by atoms with van der Waals surface area (Å²) in [6.07, 6.45) is 2.23. The number of aliphatic hydroxyl groups excluding tert-OH is 1. The maximum absolute atomic E-state index is 9.18. The third kappa shape index (κ3) is 3.12. The van der Waals surface area contributed by atoms with E-state index in [-0.39, 0.29) is 12.1 Å². The van der Waals surface area contributed by atoms with Crippen LogP contribution in [0, 0.1) is 0 Å². The van der Waals surface area contributed by atoms with Crippen LogP contribution in [0.25, 0.3) is 0 Å². The van der Waals surface area contributed by atoms with Gasteiger partial charge in [-0.05, 0) is 50.2 Å². The van der Waals surface area contributed by atoms with Gasteiger partial charge in [0.25, 0.3) is 0 Å². The number of piperidine rings is 1. The average molecular weight is 310 g/mol. The van der Waals surface area contributed by atoms with E-state index >= 15 is 0 Å². The quantitative estimate of drug-likeness (QED) is 0.939. The van der Waals surface area contributed by atoms with Crippen molar-refractivity contribution in [3.63, 3.8) is 0 Å². The molecule has 0 atom stereocenters. The van der Waals surface area contributed by atoms with Crippen LogP contribution in [0.1, 0.15) is 24.0 Å². The molecule has 1 fully saturated rings. The normalized spacial score (nSPS) is 17.5. The molecular weight excluding hydrogens is 284 g/mol. The van der Waals surface area contributed by atoms with Crippen LogP contribution in [0.15, 0.2) is 54.6 Å². The Kier molecular flexibility index (Phi) is 4.69. The lowest BCUT2D eigenvalue weighted by Gasteiger charge is -2.47. The second kappa shape index (κ2) is 6.73. The fraction of sp³-hybridized carbons (Fsp3) is 0.400. The Labute approximate surface area is 139 Å². The maximum atomic E-state index is 9.18. The minimum Gasteiger partial charge on any atom is -0.392 e. The lowest BCUT2D eigenvalue weighted by molar-refractivity contribution is 0.115. The number of anilines is 1. The highest BCUT2D eigenvalue weighted by molar-refractivity contribution is 5.48. The lowest BCUT2D eigenvalue weighted by atomic mass is 9.79. The van der Waals surface area contributed by atoms with E-state index in [2.05, 4.69) is 66.4 Å². The van der Waals surface area contributed by atoms with E-state index in [1.165, 1.54) is 11.3 Å². The number of aliphatic hydroxyl groups is 1. The van der Waals surface area contributed by atoms with Gasteiger partial charge in [0, 0.05) is 24.3 Å². The Bertz CT molecular complexity index is 614. The Balaban J connectivity index is 1.77. The highest BCUT2D eigenvalue weighted by atomic mass is 16.3. The van der Waals surface area contributed by atoms with E-state index in [4.69, 9.17) is 0 Å². The van der Waals surface area contributed by atoms with E-state index in [1.54, 1.807) is 0 Å². The fourth-order valence-corrected chi connectivity index (χ4v) is 3.69. The molecule has 1 saturated heterocycles. The molecule has 0 amide bonds. The predicted octanol–water partition coefficient (Wildman–Crippen LogP) is 3.24. The molecule has 2 aromatic rings. The molecule has 2 aromatic carbocycles. The van der Waals surface area contributed by atoms with Crippen molar-refractivity contribution < 1.29 is 5.11 Å². The first-order chi connectivity index (χ1) is 11.2. The molecule has 3 nitrogen and oxygen atoms in total. The minimum atomic E-state index is 0.109. The second-order valence-corrected chi connectivity index (χ2v) is 6.60. The van der Waals surface area contributed by atoms with Crippen LogP contribution < -0.4 is 4.90 Å². The zero-order valence-electron chi connectivity index (χ0n) is 14.1. The summed E-state index contributed by atoms with van der Waals surface area (Å²) < 4.78 is 0. The molecule has 122 valence electrons. The molecular formula is C20H26N2O. The van der Waals surface area contributed by atoms with Crippen molar-refractivity contribution in [3.05, 3.63) is 65.7 Å². The average Bonchev–Trinajstić information content (AvgIpc) is 2.62. The predicted molar refractivity (Wildman–Crippen MR) is 95.6 cm³/mol. The number of hydrogen-bond donors (Lipinski definition) is 1. The largest absolute Gasteiger partial charge is 0.392 e. The van der Waals surface area contributed by atoms with Gasteiger partial charge in [-0.15, -0.1) is 0 Å². The van der Waals surface area contributed by atoms with Gasteiger partial charge >= 0.3 is 0 Å². The SMILES string of the molecule is CN(C)C1(c2ccccc2)CCN(c2ccc(CO)cc2)CC1. The van der Waals surface area contributed by atoms with Crippen molar-refractivity contribution >= 4 is 5.69 Å². The molecule has 1 aliphatic heterocycles. The first-order valence-corrected chi connectivity index (χ1v) is 8.33. The summed E-state index contributed by atoms with van der Waals surface area (Å²) in [4.78, 5) is 4.83. The minimum absolute atomic E-state index is 0.109. The number of rotatable bonds is 4. The molecule has 3 rings (SSSR count). The van der Waals surface area contributed by atoms with Gasteiger partial charge in [0.1, 0.15) is 0 Å². The zero-order valence-corrected chi connectivity index (χ0v) is 14.1. The Morgan fingerprint density at radius 3 is 2.09 bits per heavy atom. The summed E-state index contributed by atoms with van der Waals surface area (Å²) in [5.74, 6) is 0. The van der Waals surface area contributed by atoms with Crippen molar-refractivity contribution in [1.29, 1.82) is 0 Å². The first-order valence-electron chi connectivity index (χ1n) is 8.33. The number of hydrogen-bond acceptors (Lipinski definition) is 3. The van der Waals surface area contributed by atoms with Crippen molar-refractivity contribution in [3.8, 4) is 0 Å². The summed E-state index contributed by atoms with van der Waals surface area (Å²) in [6, 6.07) is 19.2. The Hall–Kier alpha value is -1.84. The molecule has 0 aliphatic carbocycles. The molecule has 1 heterocycles. The van der Waals surface area contributed by atoms with Gasteiger partial charge in [-0.25, -0.2) is 0 Å². The molecule has 3 heteroatoms. The molecule has 0 aromatic heterocycles. The Morgan fingerprint density at radius 2 is 1.57 bits per heavy atom. The van der Waals surface area contributed by atoms with Crippen molar-refractivity contribution in [2.45, 2.75) is 25.0 Å². The lowest BCUT2D eigenvalue weighted by Crippen LogP contribution is -2.50. The number of benzene rings is 2. The zero-order chi connectivity index (χ0) is 16.3. The highest BCUT2D eigenvalue weighted by Gasteiger charge is 2.38. The topological polar surface area (TPSA) is 26.7 Å². The van der Waals surface area contributed by atoms with Gasteiger partial charge in [-0.2, -0.15) is 0 Å². The number of nitrogens with zero attached hydrogens (tertiary/aromatic N) is 2. The van der Waals surface area contributed by atoms with Crippen LogP contribution in [0.5, 0.6) is 0 Å². The molecule has 1 aliphatic rings. The van der Waals surface area contributed by atoms with E-state index < -0.39 is 0 Å². The highest BCUT2D eigenvalue weighted by Crippen LogP contribution is 2.38. The van der Waals surface area contributed by atoms with Gasteiger partial charge in [0.2, 0.25) is 0 Å². The Morgan fingerprint density at radius 1 is 0.957 bits per heavy atom. The summed E-state index contributed by atoms with van der Waals surface area (Å²) in [7, 11) is 4.39. The van der Waals surface area contributed by atoms with Gasteiger partial charge in [0.15, 0.2) is 0 Å². The van der Waals surface area contributed by atoms with Crippen LogP contribution in [-0.4, -0.2) is 37.2 Å². The van der Waals surface area contributed by atoms with Crippen molar-refractivity contribution in [2.75, 3.05) is 32.1 Å². The molecule has 1 N–H and O–H groups in total. The van der Waals surface area contributed by atoms with Crippen LogP contribution in [0.2, 0.25) is 0 Å². The van der Waals surface area contributed by atoms with Gasteiger partial charge in [-0.1, -0.05) is 42.5 Å². The standard InChI is InChI=1S/C20H26N2O/c1-21(2)20(18-6-4-3-5-7-18)12-14-22(15-13-20)19-10-8-17(16-23)9-11-19/h3-11,23H,12-16H2,1-2H3. The monoisotopic (exact) mass is 310 g/mol. The van der Waals surface area contributed by atoms with Crippen LogP contribution in [0.3, 0.4) is 0 Å². The van der Waals surface area contributed by atoms with Crippen molar-refractivity contribution in [2.24, 2.45) is 0 Å². The smallest absolute Gasteiger partial charge is 0.0681 e. The maximum Gasteiger partial charge on any atom is 0.0681 e. The molecule has 0 bridgehead atoms. The molecule has 0 radical (unpaired) electrons. The van der Waals surface area contributed by atoms with E-state index in [0.717, 1.165) is 31.5 Å². The van der Waals surface area contributed by atoms with Gasteiger partial charge < -0.3 is 10.0 Å². The van der Waals surface area contributed by atoms with Crippen LogP contribution >= 0.6 is 0 Å². The molecule has 0 unspecified atom stereocenters. The third-order valence-electron chi connectivity index (χ3n) is 5.24. The van der Waals surface area contributed by atoms with Gasteiger partial charge in [0.05, 0.1) is 6.61 Å². The molecule has 0 spiro atoms. The summed E-state index contributed by atoms with van der Waals surface area (Å²) in [6.45, 7) is 2.20. The van der Waals surface area contributed by atoms with Crippen molar-refractivity contribution in [1.82, 2.24) is 4.90 Å². The second-order valence-electron chi connectivity index (χ2n) is 6.60. The summed E-state index contributed by atoms with van der Waals surface area (Å²) in [5.41, 5.74) is 3.77. The van der Waals surface area contributed by atoms with E-state index in [1.807, 2.05) is 12.1 Å². The fourth-order valence-electron chi connectivity index (χ4n) is 3.69. The molecule has 23 heavy (non-hydrogen) atoms. The van der Waals surface area contributed by atoms with Crippen LogP contribution in [0.4, 0.5) is 5.69 Å². The molecule has 0 saturated carbocycles. The van der Waals surface area contributed by atoms with Crippen LogP contribution in [-0.2, 0) is 12.1 Å². The third-order valence-corrected chi connectivity index (χ3v) is 5.24. The summed E-state index contributed by atoms with van der Waals surface area (Å²) in [5, 5.41) is 9.18. The first kappa shape index (κ1) is 16.0. The van der Waals surface area contributed by atoms with Gasteiger partial charge in [-0.3, -0.25) is 4.90 Å². The van der Waals surface area contributed by atoms with E-state index in [0.29, 0.717) is 0 Å². The van der Waals surface area contributed by atoms with E-state index in [9.17, 15) is 5.11 Å². The summed E-state index contributed by atoms with van der Waals surface area (Å²) >= 11 is 0.